The molecule has 1 N–H and O–H groups in total. The van der Waals surface area contributed by atoms with Crippen LogP contribution in [0.25, 0.3) is 10.1 Å². The number of thiophene rings is 1. The first-order valence-corrected chi connectivity index (χ1v) is 7.34. The fourth-order valence-corrected chi connectivity index (χ4v) is 2.40. The lowest BCUT2D eigenvalue weighted by Crippen LogP contribution is -2.26. The van der Waals surface area contributed by atoms with Crippen LogP contribution in [0.4, 0.5) is 5.82 Å². The molecule has 0 fully saturated rings. The number of anilines is 1. The zero-order valence-electron chi connectivity index (χ0n) is 9.78. The summed E-state index contributed by atoms with van der Waals surface area (Å²) in [4.78, 5) is 4.40. The van der Waals surface area contributed by atoms with Gasteiger partial charge >= 0.3 is 0 Å². The molecule has 0 saturated carbocycles. The Kier molecular flexibility index (Phi) is 3.40. The average Bonchev–Trinajstić information content (AvgIpc) is 2.75. The van der Waals surface area contributed by atoms with Crippen molar-refractivity contribution in [3.63, 3.8) is 0 Å². The normalized spacial score (nSPS) is 11.9. The fraction of sp³-hybridized carbons (Fsp3) is 0.417. The van der Waals surface area contributed by atoms with E-state index in [0.29, 0.717) is 0 Å². The van der Waals surface area contributed by atoms with Gasteiger partial charge in [-0.2, -0.15) is 11.8 Å². The standard InChI is InChI=1S/C12H16N2S2/c1-12(2,15-3)8-14-11-9-5-7-16-10(9)4-6-13-11/h4-7H,8H2,1-3H3,(H,13,14). The minimum Gasteiger partial charge on any atom is -0.368 e. The summed E-state index contributed by atoms with van der Waals surface area (Å²) >= 11 is 3.62. The van der Waals surface area contributed by atoms with Gasteiger partial charge < -0.3 is 5.32 Å². The highest BCUT2D eigenvalue weighted by atomic mass is 32.2. The summed E-state index contributed by atoms with van der Waals surface area (Å²) in [5, 5.41) is 6.77. The fourth-order valence-electron chi connectivity index (χ4n) is 1.40. The molecule has 86 valence electrons. The van der Waals surface area contributed by atoms with Crippen LogP contribution in [0.3, 0.4) is 0 Å². The molecule has 0 radical (unpaired) electrons. The molecule has 0 saturated heterocycles. The van der Waals surface area contributed by atoms with Gasteiger partial charge in [0.05, 0.1) is 0 Å². The molecule has 0 aliphatic heterocycles. The SMILES string of the molecule is CSC(C)(C)CNc1nccc2sccc12. The second-order valence-corrected chi connectivity index (χ2v) is 6.77. The van der Waals surface area contributed by atoms with Crippen LogP contribution in [0.1, 0.15) is 13.8 Å². The molecule has 0 spiro atoms. The summed E-state index contributed by atoms with van der Waals surface area (Å²) in [6.07, 6.45) is 4.01. The maximum Gasteiger partial charge on any atom is 0.134 e. The Morgan fingerprint density at radius 2 is 2.25 bits per heavy atom. The zero-order chi connectivity index (χ0) is 11.6. The van der Waals surface area contributed by atoms with E-state index in [1.807, 2.05) is 18.0 Å². The Labute approximate surface area is 104 Å². The molecule has 0 unspecified atom stereocenters. The van der Waals surface area contributed by atoms with Crippen molar-refractivity contribution in [1.29, 1.82) is 0 Å². The van der Waals surface area contributed by atoms with Crippen LogP contribution in [0.2, 0.25) is 0 Å². The van der Waals surface area contributed by atoms with Gasteiger partial charge in [0.15, 0.2) is 0 Å². The molecule has 16 heavy (non-hydrogen) atoms. The molecular formula is C12H16N2S2. The van der Waals surface area contributed by atoms with E-state index in [1.54, 1.807) is 11.3 Å². The topological polar surface area (TPSA) is 24.9 Å². The van der Waals surface area contributed by atoms with Crippen molar-refractivity contribution in [2.24, 2.45) is 0 Å². The number of pyridine rings is 1. The Morgan fingerprint density at radius 3 is 3.00 bits per heavy atom. The quantitative estimate of drug-likeness (QED) is 0.894. The van der Waals surface area contributed by atoms with Gasteiger partial charge in [0.2, 0.25) is 0 Å². The monoisotopic (exact) mass is 252 g/mol. The highest BCUT2D eigenvalue weighted by Crippen LogP contribution is 2.27. The third kappa shape index (κ3) is 2.50. The van der Waals surface area contributed by atoms with Crippen molar-refractivity contribution in [3.05, 3.63) is 23.7 Å². The number of hydrogen-bond acceptors (Lipinski definition) is 4. The minimum atomic E-state index is 0.236. The summed E-state index contributed by atoms with van der Waals surface area (Å²) in [7, 11) is 0. The maximum atomic E-state index is 4.40. The number of nitrogens with one attached hydrogen (secondary N) is 1. The second kappa shape index (κ2) is 4.63. The third-order valence-electron chi connectivity index (χ3n) is 2.61. The summed E-state index contributed by atoms with van der Waals surface area (Å²) in [6, 6.07) is 4.19. The molecule has 0 amide bonds. The van der Waals surface area contributed by atoms with E-state index in [1.165, 1.54) is 10.1 Å². The number of hydrogen-bond donors (Lipinski definition) is 1. The summed E-state index contributed by atoms with van der Waals surface area (Å²) in [6.45, 7) is 5.40. The van der Waals surface area contributed by atoms with Gasteiger partial charge in [-0.15, -0.1) is 11.3 Å². The van der Waals surface area contributed by atoms with E-state index in [9.17, 15) is 0 Å². The lowest BCUT2D eigenvalue weighted by Gasteiger charge is -2.22. The summed E-state index contributed by atoms with van der Waals surface area (Å²) in [5.41, 5.74) is 0. The number of aromatic nitrogens is 1. The van der Waals surface area contributed by atoms with Gasteiger partial charge in [-0.05, 0) is 37.6 Å². The van der Waals surface area contributed by atoms with E-state index in [0.717, 1.165) is 12.4 Å². The van der Waals surface area contributed by atoms with Gasteiger partial charge in [0.1, 0.15) is 5.82 Å². The average molecular weight is 252 g/mol. The Bertz CT molecular complexity index is 477. The van der Waals surface area contributed by atoms with Crippen molar-refractivity contribution in [1.82, 2.24) is 4.98 Å². The molecule has 0 aliphatic rings. The first kappa shape index (κ1) is 11.7. The van der Waals surface area contributed by atoms with Crippen molar-refractivity contribution in [2.45, 2.75) is 18.6 Å². The van der Waals surface area contributed by atoms with Gasteiger partial charge in [0, 0.05) is 27.6 Å². The van der Waals surface area contributed by atoms with E-state index in [4.69, 9.17) is 0 Å². The first-order valence-electron chi connectivity index (χ1n) is 5.24. The molecule has 2 nitrogen and oxygen atoms in total. The van der Waals surface area contributed by atoms with E-state index >= 15 is 0 Å². The molecule has 0 bridgehead atoms. The molecule has 2 rings (SSSR count). The molecule has 2 heterocycles. The Balaban J connectivity index is 2.18. The lowest BCUT2D eigenvalue weighted by atomic mass is 10.2. The Morgan fingerprint density at radius 1 is 1.44 bits per heavy atom. The molecule has 2 aromatic rings. The number of rotatable bonds is 4. The van der Waals surface area contributed by atoms with Gasteiger partial charge in [-0.25, -0.2) is 4.98 Å². The smallest absolute Gasteiger partial charge is 0.134 e. The molecule has 2 aromatic heterocycles. The molecule has 0 aliphatic carbocycles. The predicted molar refractivity (Wildman–Crippen MR) is 75.7 cm³/mol. The second-order valence-electron chi connectivity index (χ2n) is 4.31. The van der Waals surface area contributed by atoms with Crippen molar-refractivity contribution < 1.29 is 0 Å². The largest absolute Gasteiger partial charge is 0.368 e. The van der Waals surface area contributed by atoms with Crippen molar-refractivity contribution in [3.8, 4) is 0 Å². The lowest BCUT2D eigenvalue weighted by molar-refractivity contribution is 0.751. The third-order valence-corrected chi connectivity index (χ3v) is 4.75. The molecular weight excluding hydrogens is 236 g/mol. The van der Waals surface area contributed by atoms with E-state index in [2.05, 4.69) is 47.9 Å². The molecule has 4 heteroatoms. The minimum absolute atomic E-state index is 0.236. The number of fused-ring (bicyclic) bond motifs is 1. The van der Waals surface area contributed by atoms with Crippen LogP contribution >= 0.6 is 23.1 Å². The van der Waals surface area contributed by atoms with Crippen LogP contribution in [0, 0.1) is 0 Å². The summed E-state index contributed by atoms with van der Waals surface area (Å²) < 4.78 is 1.53. The first-order chi connectivity index (χ1) is 7.62. The van der Waals surface area contributed by atoms with Gasteiger partial charge in [-0.3, -0.25) is 0 Å². The van der Waals surface area contributed by atoms with Crippen LogP contribution in [0.5, 0.6) is 0 Å². The van der Waals surface area contributed by atoms with Gasteiger partial charge in [0.25, 0.3) is 0 Å². The van der Waals surface area contributed by atoms with Crippen LogP contribution < -0.4 is 5.32 Å². The van der Waals surface area contributed by atoms with Crippen LogP contribution in [0.15, 0.2) is 23.7 Å². The summed E-state index contributed by atoms with van der Waals surface area (Å²) in [5.74, 6) is 1.00. The highest BCUT2D eigenvalue weighted by Gasteiger charge is 2.16. The van der Waals surface area contributed by atoms with Crippen LogP contribution in [-0.2, 0) is 0 Å². The number of nitrogens with zero attached hydrogens (tertiary/aromatic N) is 1. The predicted octanol–water partition coefficient (Wildman–Crippen LogP) is 3.85. The van der Waals surface area contributed by atoms with Crippen molar-refractivity contribution >= 4 is 39.0 Å². The van der Waals surface area contributed by atoms with E-state index in [-0.39, 0.29) is 4.75 Å². The van der Waals surface area contributed by atoms with Crippen LogP contribution in [-0.4, -0.2) is 22.5 Å². The Hall–Kier alpha value is -0.740. The zero-order valence-corrected chi connectivity index (χ0v) is 11.4. The molecule has 0 atom stereocenters. The van der Waals surface area contributed by atoms with Crippen molar-refractivity contribution in [2.75, 3.05) is 18.1 Å². The maximum absolute atomic E-state index is 4.40. The van der Waals surface area contributed by atoms with Gasteiger partial charge in [-0.1, -0.05) is 0 Å². The highest BCUT2D eigenvalue weighted by molar-refractivity contribution is 7.99. The van der Waals surface area contributed by atoms with E-state index < -0.39 is 0 Å². The number of thioether (sulfide) groups is 1. The molecule has 0 aromatic carbocycles.